The summed E-state index contributed by atoms with van der Waals surface area (Å²) in [5.41, 5.74) is 0.841. The van der Waals surface area contributed by atoms with Gasteiger partial charge in [0.05, 0.1) is 6.54 Å². The molecule has 6 nitrogen and oxygen atoms in total. The smallest absolute Gasteiger partial charge is 0.414 e. The average molecular weight is 331 g/mol. The maximum Gasteiger partial charge on any atom is 0.414 e. The van der Waals surface area contributed by atoms with E-state index in [0.717, 1.165) is 18.5 Å². The largest absolute Gasteiger partial charge is 0.444 e. The molecule has 0 spiro atoms. The third-order valence-electron chi connectivity index (χ3n) is 4.63. The van der Waals surface area contributed by atoms with Gasteiger partial charge in [-0.05, 0) is 25.0 Å². The van der Waals surface area contributed by atoms with E-state index in [-0.39, 0.29) is 18.2 Å². The number of rotatable bonds is 5. The highest BCUT2D eigenvalue weighted by molar-refractivity contribution is 5.89. The second-order valence-corrected chi connectivity index (χ2v) is 6.48. The molecule has 0 bridgehead atoms. The first-order valence-corrected chi connectivity index (χ1v) is 8.80. The van der Waals surface area contributed by atoms with Crippen molar-refractivity contribution in [1.29, 1.82) is 0 Å². The number of hydrogen-bond acceptors (Lipinski definition) is 3. The van der Waals surface area contributed by atoms with Gasteiger partial charge in [0.25, 0.3) is 0 Å². The summed E-state index contributed by atoms with van der Waals surface area (Å²) in [5.74, 6) is 0. The van der Waals surface area contributed by atoms with Crippen LogP contribution in [-0.4, -0.2) is 37.4 Å². The summed E-state index contributed by atoms with van der Waals surface area (Å²) in [6.07, 6.45) is 5.90. The molecule has 3 amide bonds. The molecule has 24 heavy (non-hydrogen) atoms. The molecule has 1 saturated heterocycles. The van der Waals surface area contributed by atoms with Crippen molar-refractivity contribution in [2.45, 2.75) is 50.7 Å². The van der Waals surface area contributed by atoms with Gasteiger partial charge in [0.2, 0.25) is 0 Å². The van der Waals surface area contributed by atoms with E-state index in [2.05, 4.69) is 10.6 Å². The number of ether oxygens (including phenoxy) is 1. The van der Waals surface area contributed by atoms with Crippen LogP contribution in [0, 0.1) is 0 Å². The van der Waals surface area contributed by atoms with Crippen molar-refractivity contribution >= 4 is 17.8 Å². The van der Waals surface area contributed by atoms with Crippen LogP contribution in [0.5, 0.6) is 0 Å². The van der Waals surface area contributed by atoms with Gasteiger partial charge in [-0.3, -0.25) is 4.90 Å². The van der Waals surface area contributed by atoms with Crippen LogP contribution in [0.25, 0.3) is 0 Å². The SMILES string of the molecule is O=C(NCCC1CN(c2ccccc2)C(=O)O1)NC1CCCCC1. The molecular weight excluding hydrogens is 306 g/mol. The zero-order valence-electron chi connectivity index (χ0n) is 13.9. The van der Waals surface area contributed by atoms with E-state index in [1.807, 2.05) is 30.3 Å². The third-order valence-corrected chi connectivity index (χ3v) is 4.63. The molecule has 0 aromatic heterocycles. The van der Waals surface area contributed by atoms with Crippen LogP contribution in [0.3, 0.4) is 0 Å². The van der Waals surface area contributed by atoms with E-state index in [4.69, 9.17) is 4.74 Å². The van der Waals surface area contributed by atoms with Gasteiger partial charge in [0.1, 0.15) is 6.10 Å². The second kappa shape index (κ2) is 8.04. The van der Waals surface area contributed by atoms with E-state index in [1.54, 1.807) is 4.90 Å². The number of hydrogen-bond donors (Lipinski definition) is 2. The van der Waals surface area contributed by atoms with Crippen molar-refractivity contribution in [1.82, 2.24) is 10.6 Å². The Labute approximate surface area is 142 Å². The maximum absolute atomic E-state index is 11.9. The second-order valence-electron chi connectivity index (χ2n) is 6.48. The summed E-state index contributed by atoms with van der Waals surface area (Å²) in [6, 6.07) is 9.67. The normalized spacial score (nSPS) is 21.4. The van der Waals surface area contributed by atoms with E-state index in [1.165, 1.54) is 19.3 Å². The standard InChI is InChI=1S/C18H25N3O3/c22-17(20-14-7-3-1-4-8-14)19-12-11-16-13-21(18(23)24-16)15-9-5-2-6-10-15/h2,5-6,9-10,14,16H,1,3-4,7-8,11-13H2,(H2,19,20,22). The van der Waals surface area contributed by atoms with Crippen molar-refractivity contribution in [3.63, 3.8) is 0 Å². The van der Waals surface area contributed by atoms with Gasteiger partial charge in [-0.25, -0.2) is 9.59 Å². The van der Waals surface area contributed by atoms with Gasteiger partial charge < -0.3 is 15.4 Å². The number of benzene rings is 1. The summed E-state index contributed by atoms with van der Waals surface area (Å²) in [7, 11) is 0. The molecule has 1 unspecified atom stereocenters. The summed E-state index contributed by atoms with van der Waals surface area (Å²) in [4.78, 5) is 25.5. The minimum absolute atomic E-state index is 0.119. The number of carbonyl (C=O) groups is 2. The number of para-hydroxylation sites is 1. The lowest BCUT2D eigenvalue weighted by atomic mass is 9.96. The Kier molecular flexibility index (Phi) is 5.56. The Bertz CT molecular complexity index is 558. The van der Waals surface area contributed by atoms with Crippen LogP contribution in [0.1, 0.15) is 38.5 Å². The predicted octanol–water partition coefficient (Wildman–Crippen LogP) is 3.03. The van der Waals surface area contributed by atoms with E-state index in [0.29, 0.717) is 25.6 Å². The van der Waals surface area contributed by atoms with Crippen molar-refractivity contribution < 1.29 is 14.3 Å². The highest BCUT2D eigenvalue weighted by atomic mass is 16.6. The molecule has 2 aliphatic rings. The Morgan fingerprint density at radius 1 is 1.17 bits per heavy atom. The number of urea groups is 1. The molecule has 3 rings (SSSR count). The molecule has 1 saturated carbocycles. The highest BCUT2D eigenvalue weighted by Gasteiger charge is 2.31. The van der Waals surface area contributed by atoms with Gasteiger partial charge >= 0.3 is 12.1 Å². The lowest BCUT2D eigenvalue weighted by molar-refractivity contribution is 0.137. The minimum Gasteiger partial charge on any atom is -0.444 e. The van der Waals surface area contributed by atoms with E-state index in [9.17, 15) is 9.59 Å². The van der Waals surface area contributed by atoms with Crippen LogP contribution in [0.15, 0.2) is 30.3 Å². The highest BCUT2D eigenvalue weighted by Crippen LogP contribution is 2.22. The number of anilines is 1. The van der Waals surface area contributed by atoms with E-state index >= 15 is 0 Å². The van der Waals surface area contributed by atoms with Crippen molar-refractivity contribution in [2.24, 2.45) is 0 Å². The van der Waals surface area contributed by atoms with Crippen LogP contribution in [-0.2, 0) is 4.74 Å². The Balaban J connectivity index is 1.38. The first-order chi connectivity index (χ1) is 11.7. The molecule has 1 aromatic rings. The summed E-state index contributed by atoms with van der Waals surface area (Å²) < 4.78 is 5.38. The molecule has 1 atom stereocenters. The van der Waals surface area contributed by atoms with Crippen molar-refractivity contribution in [3.05, 3.63) is 30.3 Å². The zero-order valence-corrected chi connectivity index (χ0v) is 13.9. The van der Waals surface area contributed by atoms with Gasteiger partial charge in [-0.1, -0.05) is 37.5 Å². The third kappa shape index (κ3) is 4.40. The fourth-order valence-corrected chi connectivity index (χ4v) is 3.32. The number of nitrogens with zero attached hydrogens (tertiary/aromatic N) is 1. The predicted molar refractivity (Wildman–Crippen MR) is 92.1 cm³/mol. The first-order valence-electron chi connectivity index (χ1n) is 8.80. The van der Waals surface area contributed by atoms with Crippen LogP contribution < -0.4 is 15.5 Å². The molecule has 6 heteroatoms. The monoisotopic (exact) mass is 331 g/mol. The molecular formula is C18H25N3O3. The molecule has 2 N–H and O–H groups in total. The number of amides is 3. The summed E-state index contributed by atoms with van der Waals surface area (Å²) >= 11 is 0. The Morgan fingerprint density at radius 3 is 2.67 bits per heavy atom. The average Bonchev–Trinajstić information content (AvgIpc) is 2.97. The fraction of sp³-hybridized carbons (Fsp3) is 0.556. The first kappa shape index (κ1) is 16.6. The Morgan fingerprint density at radius 2 is 1.92 bits per heavy atom. The van der Waals surface area contributed by atoms with Crippen molar-refractivity contribution in [2.75, 3.05) is 18.0 Å². The Hall–Kier alpha value is -2.24. The fourth-order valence-electron chi connectivity index (χ4n) is 3.32. The zero-order chi connectivity index (χ0) is 16.8. The van der Waals surface area contributed by atoms with Crippen LogP contribution in [0.2, 0.25) is 0 Å². The topological polar surface area (TPSA) is 70.7 Å². The van der Waals surface area contributed by atoms with Gasteiger partial charge in [-0.15, -0.1) is 0 Å². The summed E-state index contributed by atoms with van der Waals surface area (Å²) in [6.45, 7) is 1.02. The lowest BCUT2D eigenvalue weighted by Crippen LogP contribution is -2.43. The van der Waals surface area contributed by atoms with Crippen molar-refractivity contribution in [3.8, 4) is 0 Å². The maximum atomic E-state index is 11.9. The molecule has 1 heterocycles. The summed E-state index contributed by atoms with van der Waals surface area (Å²) in [5, 5.41) is 5.89. The molecule has 130 valence electrons. The minimum atomic E-state index is -0.321. The van der Waals surface area contributed by atoms with Gasteiger partial charge in [0, 0.05) is 24.7 Å². The quantitative estimate of drug-likeness (QED) is 0.871. The van der Waals surface area contributed by atoms with Crippen LogP contribution in [0.4, 0.5) is 15.3 Å². The molecule has 1 aromatic carbocycles. The van der Waals surface area contributed by atoms with Gasteiger partial charge in [0.15, 0.2) is 0 Å². The lowest BCUT2D eigenvalue weighted by Gasteiger charge is -2.23. The van der Waals surface area contributed by atoms with Gasteiger partial charge in [-0.2, -0.15) is 0 Å². The molecule has 2 fully saturated rings. The number of cyclic esters (lactones) is 1. The van der Waals surface area contributed by atoms with E-state index < -0.39 is 0 Å². The number of nitrogens with one attached hydrogen (secondary N) is 2. The molecule has 0 radical (unpaired) electrons. The van der Waals surface area contributed by atoms with Crippen LogP contribution >= 0.6 is 0 Å². The molecule has 1 aliphatic carbocycles. The molecule has 1 aliphatic heterocycles. The number of carbonyl (C=O) groups excluding carboxylic acids is 2.